The normalized spacial score (nSPS) is 10.6. The molecule has 0 amide bonds. The number of rotatable bonds is 4. The molecular formula is C14H20N2OSi. The van der Waals surface area contributed by atoms with Crippen LogP contribution in [0.25, 0.3) is 0 Å². The van der Waals surface area contributed by atoms with Gasteiger partial charge in [0.25, 0.3) is 0 Å². The lowest BCUT2D eigenvalue weighted by Crippen LogP contribution is -2.24. The standard InChI is InChI=1S/C13H16N2OSi.CH4/c1-11(16-17(2,3)4)15-10-13-7-5-6-12(8-13)9-14;/h5-8,10H,1H2,2-4H3;1H4. The molecular weight excluding hydrogens is 240 g/mol. The third kappa shape index (κ3) is 6.02. The van der Waals surface area contributed by atoms with Crippen LogP contribution >= 0.6 is 0 Å². The Morgan fingerprint density at radius 1 is 1.44 bits per heavy atom. The molecule has 0 heterocycles. The number of nitriles is 1. The van der Waals surface area contributed by atoms with Crippen LogP contribution in [0.2, 0.25) is 19.6 Å². The first-order valence-corrected chi connectivity index (χ1v) is 8.74. The molecule has 0 atom stereocenters. The molecule has 0 aromatic heterocycles. The Morgan fingerprint density at radius 2 is 2.11 bits per heavy atom. The molecule has 0 aliphatic carbocycles. The molecule has 0 spiro atoms. The lowest BCUT2D eigenvalue weighted by molar-refractivity contribution is 0.421. The third-order valence-electron chi connectivity index (χ3n) is 1.80. The van der Waals surface area contributed by atoms with Crippen LogP contribution in [-0.4, -0.2) is 14.5 Å². The van der Waals surface area contributed by atoms with Gasteiger partial charge in [-0.3, -0.25) is 0 Å². The number of aliphatic imine (C=N–C) groups is 1. The summed E-state index contributed by atoms with van der Waals surface area (Å²) < 4.78 is 5.60. The van der Waals surface area contributed by atoms with E-state index in [0.717, 1.165) is 5.56 Å². The minimum absolute atomic E-state index is 0. The van der Waals surface area contributed by atoms with Crippen molar-refractivity contribution in [2.45, 2.75) is 27.1 Å². The zero-order valence-electron chi connectivity index (χ0n) is 10.4. The average molecular weight is 260 g/mol. The molecule has 3 nitrogen and oxygen atoms in total. The fourth-order valence-corrected chi connectivity index (χ4v) is 1.97. The maximum Gasteiger partial charge on any atom is 0.244 e. The van der Waals surface area contributed by atoms with Crippen molar-refractivity contribution in [3.8, 4) is 6.07 Å². The Balaban J connectivity index is 0.00000289. The van der Waals surface area contributed by atoms with E-state index in [9.17, 15) is 0 Å². The molecule has 0 saturated carbocycles. The number of benzene rings is 1. The maximum absolute atomic E-state index is 8.76. The van der Waals surface area contributed by atoms with Crippen LogP contribution in [-0.2, 0) is 4.43 Å². The molecule has 96 valence electrons. The summed E-state index contributed by atoms with van der Waals surface area (Å²) in [5.74, 6) is 0.423. The van der Waals surface area contributed by atoms with E-state index < -0.39 is 8.32 Å². The van der Waals surface area contributed by atoms with Crippen molar-refractivity contribution in [2.24, 2.45) is 4.99 Å². The van der Waals surface area contributed by atoms with E-state index in [2.05, 4.69) is 37.3 Å². The highest BCUT2D eigenvalue weighted by Gasteiger charge is 2.16. The van der Waals surface area contributed by atoms with Gasteiger partial charge in [-0.05, 0) is 43.9 Å². The van der Waals surface area contributed by atoms with Gasteiger partial charge in [-0.1, -0.05) is 19.6 Å². The molecule has 0 aliphatic rings. The van der Waals surface area contributed by atoms with Gasteiger partial charge >= 0.3 is 0 Å². The minimum Gasteiger partial charge on any atom is -0.532 e. The molecule has 18 heavy (non-hydrogen) atoms. The molecule has 0 bridgehead atoms. The highest BCUT2D eigenvalue weighted by molar-refractivity contribution is 6.70. The number of nitrogens with zero attached hydrogens (tertiary/aromatic N) is 2. The third-order valence-corrected chi connectivity index (χ3v) is 2.65. The highest BCUT2D eigenvalue weighted by Crippen LogP contribution is 2.10. The van der Waals surface area contributed by atoms with Crippen LogP contribution in [0.4, 0.5) is 0 Å². The van der Waals surface area contributed by atoms with Gasteiger partial charge in [-0.25, -0.2) is 4.99 Å². The van der Waals surface area contributed by atoms with Crippen molar-refractivity contribution in [1.82, 2.24) is 0 Å². The van der Waals surface area contributed by atoms with E-state index in [0.29, 0.717) is 11.4 Å². The van der Waals surface area contributed by atoms with Crippen LogP contribution in [0.5, 0.6) is 0 Å². The Bertz CT molecular complexity index is 481. The van der Waals surface area contributed by atoms with Crippen molar-refractivity contribution in [1.29, 1.82) is 5.26 Å². The van der Waals surface area contributed by atoms with Crippen LogP contribution in [0.1, 0.15) is 18.6 Å². The highest BCUT2D eigenvalue weighted by atomic mass is 28.4. The molecule has 0 radical (unpaired) electrons. The van der Waals surface area contributed by atoms with Gasteiger partial charge in [-0.2, -0.15) is 5.26 Å². The van der Waals surface area contributed by atoms with Gasteiger partial charge < -0.3 is 4.43 Å². The fraction of sp³-hybridized carbons (Fsp3) is 0.286. The molecule has 0 N–H and O–H groups in total. The molecule has 0 unspecified atom stereocenters. The molecule has 1 rings (SSSR count). The predicted octanol–water partition coefficient (Wildman–Crippen LogP) is 3.94. The van der Waals surface area contributed by atoms with Gasteiger partial charge in [0.2, 0.25) is 8.32 Å². The van der Waals surface area contributed by atoms with Gasteiger partial charge in [0.1, 0.15) is 0 Å². The lowest BCUT2D eigenvalue weighted by Gasteiger charge is -2.17. The summed E-state index contributed by atoms with van der Waals surface area (Å²) in [6.45, 7) is 9.97. The second kappa shape index (κ2) is 6.77. The zero-order chi connectivity index (χ0) is 12.9. The molecule has 0 fully saturated rings. The van der Waals surface area contributed by atoms with E-state index in [4.69, 9.17) is 9.69 Å². The first kappa shape index (κ1) is 16.1. The van der Waals surface area contributed by atoms with Crippen LogP contribution in [0.3, 0.4) is 0 Å². The summed E-state index contributed by atoms with van der Waals surface area (Å²) in [5.41, 5.74) is 1.48. The van der Waals surface area contributed by atoms with Gasteiger partial charge in [0.05, 0.1) is 11.6 Å². The molecule has 1 aromatic rings. The van der Waals surface area contributed by atoms with Gasteiger partial charge in [-0.15, -0.1) is 0 Å². The van der Waals surface area contributed by atoms with E-state index in [1.54, 1.807) is 18.3 Å². The minimum atomic E-state index is -1.64. The monoisotopic (exact) mass is 260 g/mol. The fourth-order valence-electron chi connectivity index (χ4n) is 1.21. The van der Waals surface area contributed by atoms with E-state index in [1.165, 1.54) is 0 Å². The van der Waals surface area contributed by atoms with Gasteiger partial charge in [0.15, 0.2) is 5.88 Å². The Morgan fingerprint density at radius 3 is 2.67 bits per heavy atom. The molecule has 0 saturated heterocycles. The Kier molecular flexibility index (Phi) is 6.07. The largest absolute Gasteiger partial charge is 0.532 e. The number of hydrogen-bond donors (Lipinski definition) is 0. The van der Waals surface area contributed by atoms with Crippen molar-refractivity contribution >= 4 is 14.5 Å². The first-order valence-electron chi connectivity index (χ1n) is 5.33. The summed E-state index contributed by atoms with van der Waals surface area (Å²) in [6, 6.07) is 9.31. The second-order valence-corrected chi connectivity index (χ2v) is 9.03. The Labute approximate surface area is 111 Å². The summed E-state index contributed by atoms with van der Waals surface area (Å²) in [7, 11) is -1.64. The SMILES string of the molecule is C.C=C(N=Cc1cccc(C#N)c1)O[Si](C)(C)C. The smallest absolute Gasteiger partial charge is 0.244 e. The summed E-state index contributed by atoms with van der Waals surface area (Å²) in [4.78, 5) is 4.14. The molecule has 4 heteroatoms. The quantitative estimate of drug-likeness (QED) is 0.467. The van der Waals surface area contributed by atoms with Crippen molar-refractivity contribution < 1.29 is 4.43 Å². The van der Waals surface area contributed by atoms with Crippen molar-refractivity contribution in [3.05, 3.63) is 47.9 Å². The Hall–Kier alpha value is -1.86. The van der Waals surface area contributed by atoms with E-state index in [-0.39, 0.29) is 7.43 Å². The van der Waals surface area contributed by atoms with E-state index >= 15 is 0 Å². The first-order chi connectivity index (χ1) is 7.90. The second-order valence-electron chi connectivity index (χ2n) is 4.60. The zero-order valence-corrected chi connectivity index (χ0v) is 11.4. The summed E-state index contributed by atoms with van der Waals surface area (Å²) in [5, 5.41) is 8.76. The van der Waals surface area contributed by atoms with Crippen LogP contribution in [0, 0.1) is 11.3 Å². The van der Waals surface area contributed by atoms with Gasteiger partial charge in [0, 0.05) is 6.21 Å². The van der Waals surface area contributed by atoms with Crippen LogP contribution in [0.15, 0.2) is 41.7 Å². The van der Waals surface area contributed by atoms with Crippen molar-refractivity contribution in [3.63, 3.8) is 0 Å². The van der Waals surface area contributed by atoms with Crippen LogP contribution < -0.4 is 0 Å². The summed E-state index contributed by atoms with van der Waals surface area (Å²) in [6.07, 6.45) is 1.66. The molecule has 0 aliphatic heterocycles. The van der Waals surface area contributed by atoms with E-state index in [1.807, 2.05) is 12.1 Å². The topological polar surface area (TPSA) is 45.4 Å². The predicted molar refractivity (Wildman–Crippen MR) is 79.1 cm³/mol. The number of hydrogen-bond acceptors (Lipinski definition) is 3. The summed E-state index contributed by atoms with van der Waals surface area (Å²) >= 11 is 0. The average Bonchev–Trinajstić information content (AvgIpc) is 2.24. The van der Waals surface area contributed by atoms with Crippen molar-refractivity contribution in [2.75, 3.05) is 0 Å². The molecule has 1 aromatic carbocycles. The maximum atomic E-state index is 8.76. The lowest BCUT2D eigenvalue weighted by atomic mass is 10.1.